The van der Waals surface area contributed by atoms with Crippen LogP contribution in [0, 0.1) is 6.92 Å². The molecule has 2 aromatic rings. The van der Waals surface area contributed by atoms with Gasteiger partial charge in [0.05, 0.1) is 24.5 Å². The second kappa shape index (κ2) is 6.90. The molecular weight excluding hydrogens is 318 g/mol. The maximum absolute atomic E-state index is 5.26. The lowest BCUT2D eigenvalue weighted by Gasteiger charge is -2.13. The van der Waals surface area contributed by atoms with E-state index < -0.39 is 0 Å². The van der Waals surface area contributed by atoms with Gasteiger partial charge in [-0.05, 0) is 32.0 Å². The van der Waals surface area contributed by atoms with E-state index in [0.29, 0.717) is 6.61 Å². The first kappa shape index (κ1) is 15.1. The number of halogens is 1. The molecular formula is C15H20BrN3O. The molecule has 2 rings (SSSR count). The Morgan fingerprint density at radius 2 is 2.20 bits per heavy atom. The van der Waals surface area contributed by atoms with Gasteiger partial charge in [-0.15, -0.1) is 0 Å². The zero-order valence-electron chi connectivity index (χ0n) is 12.1. The second-order valence-corrected chi connectivity index (χ2v) is 5.50. The van der Waals surface area contributed by atoms with Crippen molar-refractivity contribution in [2.45, 2.75) is 33.5 Å². The molecule has 0 spiro atoms. The molecule has 0 aliphatic heterocycles. The fourth-order valence-electron chi connectivity index (χ4n) is 2.22. The minimum Gasteiger partial charge on any atom is -0.380 e. The van der Waals surface area contributed by atoms with E-state index in [4.69, 9.17) is 4.74 Å². The van der Waals surface area contributed by atoms with Gasteiger partial charge in [-0.25, -0.2) is 0 Å². The third-order valence-electron chi connectivity index (χ3n) is 3.15. The van der Waals surface area contributed by atoms with Gasteiger partial charge < -0.3 is 10.1 Å². The minimum atomic E-state index is 0.579. The van der Waals surface area contributed by atoms with Crippen molar-refractivity contribution >= 4 is 21.6 Å². The lowest BCUT2D eigenvalue weighted by Crippen LogP contribution is -2.09. The summed E-state index contributed by atoms with van der Waals surface area (Å²) in [5.41, 5.74) is 4.46. The molecule has 0 radical (unpaired) electrons. The summed E-state index contributed by atoms with van der Waals surface area (Å²) in [6, 6.07) is 8.23. The van der Waals surface area contributed by atoms with Crippen LogP contribution in [-0.4, -0.2) is 16.9 Å². The normalized spacial score (nSPS) is 10.8. The van der Waals surface area contributed by atoms with Gasteiger partial charge in [0, 0.05) is 29.4 Å². The van der Waals surface area contributed by atoms with E-state index in [2.05, 4.69) is 45.4 Å². The van der Waals surface area contributed by atoms with Crippen molar-refractivity contribution in [2.75, 3.05) is 12.4 Å². The molecule has 0 amide bonds. The lowest BCUT2D eigenvalue weighted by molar-refractivity contribution is 0.185. The number of aromatic nitrogens is 2. The molecule has 1 heterocycles. The molecule has 1 N–H and O–H groups in total. The summed E-state index contributed by atoms with van der Waals surface area (Å²) >= 11 is 3.57. The SMILES string of the molecule is CCn1nc(C)cc1CNc1cccc(Br)c1COC. The van der Waals surface area contributed by atoms with Crippen LogP contribution < -0.4 is 5.32 Å². The number of nitrogens with one attached hydrogen (secondary N) is 1. The van der Waals surface area contributed by atoms with E-state index >= 15 is 0 Å². The van der Waals surface area contributed by atoms with Gasteiger partial charge in [0.2, 0.25) is 0 Å². The number of benzene rings is 1. The van der Waals surface area contributed by atoms with Gasteiger partial charge >= 0.3 is 0 Å². The number of anilines is 1. The number of ether oxygens (including phenoxy) is 1. The number of aryl methyl sites for hydroxylation is 2. The van der Waals surface area contributed by atoms with Crippen LogP contribution in [0.4, 0.5) is 5.69 Å². The van der Waals surface area contributed by atoms with Crippen LogP contribution in [-0.2, 0) is 24.4 Å². The van der Waals surface area contributed by atoms with Crippen molar-refractivity contribution in [1.82, 2.24) is 9.78 Å². The summed E-state index contributed by atoms with van der Waals surface area (Å²) in [5, 5.41) is 7.93. The monoisotopic (exact) mass is 337 g/mol. The smallest absolute Gasteiger partial charge is 0.0744 e. The number of methoxy groups -OCH3 is 1. The van der Waals surface area contributed by atoms with Crippen LogP contribution in [0.2, 0.25) is 0 Å². The fraction of sp³-hybridized carbons (Fsp3) is 0.400. The Hall–Kier alpha value is -1.33. The van der Waals surface area contributed by atoms with E-state index in [9.17, 15) is 0 Å². The zero-order chi connectivity index (χ0) is 14.5. The maximum Gasteiger partial charge on any atom is 0.0744 e. The number of nitrogens with zero attached hydrogens (tertiary/aromatic N) is 2. The Morgan fingerprint density at radius 3 is 2.90 bits per heavy atom. The van der Waals surface area contributed by atoms with Crippen LogP contribution in [0.25, 0.3) is 0 Å². The number of hydrogen-bond acceptors (Lipinski definition) is 3. The van der Waals surface area contributed by atoms with Gasteiger partial charge in [0.15, 0.2) is 0 Å². The summed E-state index contributed by atoms with van der Waals surface area (Å²) in [4.78, 5) is 0. The van der Waals surface area contributed by atoms with Crippen LogP contribution in [0.5, 0.6) is 0 Å². The zero-order valence-corrected chi connectivity index (χ0v) is 13.7. The van der Waals surface area contributed by atoms with Gasteiger partial charge in [-0.2, -0.15) is 5.10 Å². The molecule has 1 aromatic carbocycles. The van der Waals surface area contributed by atoms with Crippen molar-refractivity contribution in [2.24, 2.45) is 0 Å². The van der Waals surface area contributed by atoms with E-state index in [-0.39, 0.29) is 0 Å². The van der Waals surface area contributed by atoms with Gasteiger partial charge in [0.25, 0.3) is 0 Å². The Bertz CT molecular complexity index is 580. The van der Waals surface area contributed by atoms with Crippen molar-refractivity contribution in [3.05, 3.63) is 45.7 Å². The minimum absolute atomic E-state index is 0.579. The topological polar surface area (TPSA) is 39.1 Å². The Labute approximate surface area is 128 Å². The molecule has 0 unspecified atom stereocenters. The van der Waals surface area contributed by atoms with Gasteiger partial charge in [0.1, 0.15) is 0 Å². The fourth-order valence-corrected chi connectivity index (χ4v) is 2.70. The maximum atomic E-state index is 5.26. The van der Waals surface area contributed by atoms with Gasteiger partial charge in [-0.3, -0.25) is 4.68 Å². The second-order valence-electron chi connectivity index (χ2n) is 4.65. The lowest BCUT2D eigenvalue weighted by atomic mass is 10.2. The molecule has 0 saturated heterocycles. The van der Waals surface area contributed by atoms with Crippen LogP contribution in [0.3, 0.4) is 0 Å². The first-order valence-corrected chi connectivity index (χ1v) is 7.48. The van der Waals surface area contributed by atoms with Crippen LogP contribution in [0.15, 0.2) is 28.7 Å². The average Bonchev–Trinajstić information content (AvgIpc) is 2.80. The van der Waals surface area contributed by atoms with Crippen molar-refractivity contribution in [1.29, 1.82) is 0 Å². The summed E-state index contributed by atoms with van der Waals surface area (Å²) < 4.78 is 8.35. The summed E-state index contributed by atoms with van der Waals surface area (Å²) in [7, 11) is 1.71. The predicted octanol–water partition coefficient (Wildman–Crippen LogP) is 3.73. The summed E-state index contributed by atoms with van der Waals surface area (Å²) in [6.45, 7) is 6.34. The Balaban J connectivity index is 2.16. The highest BCUT2D eigenvalue weighted by atomic mass is 79.9. The number of rotatable bonds is 6. The highest BCUT2D eigenvalue weighted by Gasteiger charge is 2.08. The molecule has 4 nitrogen and oxygen atoms in total. The van der Waals surface area contributed by atoms with Gasteiger partial charge in [-0.1, -0.05) is 22.0 Å². The Kier molecular flexibility index (Phi) is 5.20. The molecule has 0 atom stereocenters. The molecule has 0 saturated carbocycles. The molecule has 108 valence electrons. The Morgan fingerprint density at radius 1 is 1.40 bits per heavy atom. The number of hydrogen-bond donors (Lipinski definition) is 1. The predicted molar refractivity (Wildman–Crippen MR) is 84.8 cm³/mol. The van der Waals surface area contributed by atoms with Crippen molar-refractivity contribution < 1.29 is 4.74 Å². The molecule has 0 aliphatic rings. The molecule has 20 heavy (non-hydrogen) atoms. The highest BCUT2D eigenvalue weighted by Crippen LogP contribution is 2.26. The quantitative estimate of drug-likeness (QED) is 0.872. The first-order valence-electron chi connectivity index (χ1n) is 6.69. The largest absolute Gasteiger partial charge is 0.380 e. The molecule has 0 fully saturated rings. The van der Waals surface area contributed by atoms with E-state index in [1.807, 2.05) is 23.7 Å². The molecule has 0 aliphatic carbocycles. The first-order chi connectivity index (χ1) is 9.65. The van der Waals surface area contributed by atoms with Crippen molar-refractivity contribution in [3.8, 4) is 0 Å². The summed E-state index contributed by atoms with van der Waals surface area (Å²) in [6.07, 6.45) is 0. The third kappa shape index (κ3) is 3.41. The molecule has 0 bridgehead atoms. The molecule has 5 heteroatoms. The third-order valence-corrected chi connectivity index (χ3v) is 3.90. The van der Waals surface area contributed by atoms with E-state index in [1.54, 1.807) is 7.11 Å². The van der Waals surface area contributed by atoms with E-state index in [0.717, 1.165) is 34.5 Å². The van der Waals surface area contributed by atoms with Crippen LogP contribution in [0.1, 0.15) is 23.9 Å². The van der Waals surface area contributed by atoms with Crippen molar-refractivity contribution in [3.63, 3.8) is 0 Å². The average molecular weight is 338 g/mol. The molecule has 1 aromatic heterocycles. The summed E-state index contributed by atoms with van der Waals surface area (Å²) in [5.74, 6) is 0. The highest BCUT2D eigenvalue weighted by molar-refractivity contribution is 9.10. The standard InChI is InChI=1S/C15H20BrN3O/c1-4-19-12(8-11(2)18-19)9-17-15-7-5-6-14(16)13(15)10-20-3/h5-8,17H,4,9-10H2,1-3H3. The van der Waals surface area contributed by atoms with Crippen LogP contribution >= 0.6 is 15.9 Å². The van der Waals surface area contributed by atoms with E-state index in [1.165, 1.54) is 5.69 Å².